The third kappa shape index (κ3) is 3.98. The number of amides is 1. The van der Waals surface area contributed by atoms with Gasteiger partial charge in [-0.05, 0) is 25.1 Å². The van der Waals surface area contributed by atoms with E-state index in [1.54, 1.807) is 12.4 Å². The summed E-state index contributed by atoms with van der Waals surface area (Å²) in [5.74, 6) is 0.141. The number of hydrogen-bond acceptors (Lipinski definition) is 3. The first kappa shape index (κ1) is 12.6. The second-order valence-electron chi connectivity index (χ2n) is 3.74. The highest BCUT2D eigenvalue weighted by Crippen LogP contribution is 2.02. The van der Waals surface area contributed by atoms with Crippen molar-refractivity contribution < 1.29 is 4.79 Å². The lowest BCUT2D eigenvalue weighted by molar-refractivity contribution is -0.125. The van der Waals surface area contributed by atoms with Gasteiger partial charge < -0.3 is 10.6 Å². The molecule has 88 valence electrons. The maximum Gasteiger partial charge on any atom is 0.224 e. The summed E-state index contributed by atoms with van der Waals surface area (Å²) in [5.41, 5.74) is 1.02. The van der Waals surface area contributed by atoms with Gasteiger partial charge in [-0.3, -0.25) is 9.78 Å². The maximum absolute atomic E-state index is 11.8. The van der Waals surface area contributed by atoms with Crippen molar-refractivity contribution in [1.29, 1.82) is 0 Å². The highest BCUT2D eigenvalue weighted by atomic mass is 16.1. The Morgan fingerprint density at radius 3 is 2.94 bits per heavy atom. The molecule has 0 saturated carbocycles. The molecule has 1 atom stereocenters. The van der Waals surface area contributed by atoms with E-state index in [9.17, 15) is 4.79 Å². The minimum atomic E-state index is 0.0432. The zero-order valence-corrected chi connectivity index (χ0v) is 9.86. The first-order valence-electron chi connectivity index (χ1n) is 5.59. The molecule has 1 rings (SSSR count). The fourth-order valence-electron chi connectivity index (χ4n) is 1.51. The first-order chi connectivity index (χ1) is 7.77. The minimum Gasteiger partial charge on any atom is -0.352 e. The Kier molecular flexibility index (Phi) is 5.50. The number of pyridine rings is 1. The number of nitrogens with one attached hydrogen (secondary N) is 2. The van der Waals surface area contributed by atoms with Gasteiger partial charge >= 0.3 is 0 Å². The van der Waals surface area contributed by atoms with Gasteiger partial charge in [0.15, 0.2) is 0 Å². The summed E-state index contributed by atoms with van der Waals surface area (Å²) < 4.78 is 0. The van der Waals surface area contributed by atoms with Gasteiger partial charge in [0, 0.05) is 25.5 Å². The van der Waals surface area contributed by atoms with E-state index >= 15 is 0 Å². The third-order valence-corrected chi connectivity index (χ3v) is 2.50. The molecule has 0 radical (unpaired) electrons. The number of rotatable bonds is 6. The first-order valence-corrected chi connectivity index (χ1v) is 5.59. The molecule has 4 heteroatoms. The summed E-state index contributed by atoms with van der Waals surface area (Å²) in [5, 5.41) is 5.94. The average molecular weight is 221 g/mol. The van der Waals surface area contributed by atoms with E-state index in [0.29, 0.717) is 6.54 Å². The van der Waals surface area contributed by atoms with Gasteiger partial charge in [-0.1, -0.05) is 13.0 Å². The van der Waals surface area contributed by atoms with E-state index in [4.69, 9.17) is 0 Å². The molecule has 0 fully saturated rings. The molecule has 0 aliphatic heterocycles. The van der Waals surface area contributed by atoms with Crippen LogP contribution in [0, 0.1) is 5.92 Å². The Balaban J connectivity index is 2.40. The number of hydrogen-bond donors (Lipinski definition) is 2. The number of carbonyl (C=O) groups is 1. The third-order valence-electron chi connectivity index (χ3n) is 2.50. The fourth-order valence-corrected chi connectivity index (χ4v) is 1.51. The van der Waals surface area contributed by atoms with Crippen molar-refractivity contribution in [2.75, 3.05) is 13.6 Å². The molecule has 0 aromatic carbocycles. The van der Waals surface area contributed by atoms with Crippen molar-refractivity contribution >= 4 is 5.91 Å². The molecular formula is C12H19N3O. The zero-order valence-electron chi connectivity index (χ0n) is 9.86. The predicted octanol–water partition coefficient (Wildman–Crippen LogP) is 0.943. The van der Waals surface area contributed by atoms with E-state index in [1.165, 1.54) is 0 Å². The summed E-state index contributed by atoms with van der Waals surface area (Å²) in [6.07, 6.45) is 4.33. The largest absolute Gasteiger partial charge is 0.352 e. The second kappa shape index (κ2) is 6.95. The van der Waals surface area contributed by atoms with Crippen LogP contribution in [0.25, 0.3) is 0 Å². The van der Waals surface area contributed by atoms with Crippen LogP contribution >= 0.6 is 0 Å². The smallest absolute Gasteiger partial charge is 0.224 e. The summed E-state index contributed by atoms with van der Waals surface area (Å²) in [4.78, 5) is 15.8. The van der Waals surface area contributed by atoms with Crippen molar-refractivity contribution in [3.05, 3.63) is 30.1 Å². The number of aromatic nitrogens is 1. The second-order valence-corrected chi connectivity index (χ2v) is 3.74. The number of nitrogens with zero attached hydrogens (tertiary/aromatic N) is 1. The monoisotopic (exact) mass is 221 g/mol. The van der Waals surface area contributed by atoms with Gasteiger partial charge in [-0.2, -0.15) is 0 Å². The topological polar surface area (TPSA) is 54.0 Å². The van der Waals surface area contributed by atoms with Crippen molar-refractivity contribution in [1.82, 2.24) is 15.6 Å². The molecule has 1 amide bonds. The van der Waals surface area contributed by atoms with Crippen molar-refractivity contribution in [2.45, 2.75) is 19.9 Å². The molecule has 0 aliphatic carbocycles. The Hall–Kier alpha value is -1.42. The quantitative estimate of drug-likeness (QED) is 0.752. The lowest BCUT2D eigenvalue weighted by Crippen LogP contribution is -2.35. The Labute approximate surface area is 96.5 Å². The van der Waals surface area contributed by atoms with Crippen LogP contribution < -0.4 is 10.6 Å². The SMILES string of the molecule is CCC(CNC)C(=O)NCc1cccnc1. The molecule has 1 aromatic rings. The van der Waals surface area contributed by atoms with E-state index in [2.05, 4.69) is 15.6 Å². The van der Waals surface area contributed by atoms with Crippen LogP contribution in [-0.2, 0) is 11.3 Å². The molecule has 0 saturated heterocycles. The molecule has 2 N–H and O–H groups in total. The zero-order chi connectivity index (χ0) is 11.8. The Morgan fingerprint density at radius 1 is 1.56 bits per heavy atom. The molecule has 1 unspecified atom stereocenters. The van der Waals surface area contributed by atoms with Crippen LogP contribution in [0.5, 0.6) is 0 Å². The van der Waals surface area contributed by atoms with E-state index in [1.807, 2.05) is 26.1 Å². The molecule has 0 spiro atoms. The highest BCUT2D eigenvalue weighted by Gasteiger charge is 2.14. The summed E-state index contributed by atoms with van der Waals surface area (Å²) in [6.45, 7) is 3.29. The van der Waals surface area contributed by atoms with Gasteiger partial charge in [0.1, 0.15) is 0 Å². The summed E-state index contributed by atoms with van der Waals surface area (Å²) >= 11 is 0. The van der Waals surface area contributed by atoms with Crippen LogP contribution in [0.15, 0.2) is 24.5 Å². The highest BCUT2D eigenvalue weighted by molar-refractivity contribution is 5.78. The van der Waals surface area contributed by atoms with Crippen LogP contribution in [0.3, 0.4) is 0 Å². The molecule has 4 nitrogen and oxygen atoms in total. The maximum atomic E-state index is 11.8. The molecule has 0 bridgehead atoms. The lowest BCUT2D eigenvalue weighted by atomic mass is 10.1. The minimum absolute atomic E-state index is 0.0432. The van der Waals surface area contributed by atoms with E-state index in [-0.39, 0.29) is 11.8 Å². The standard InChI is InChI=1S/C12H19N3O/c1-3-11(9-13-2)12(16)15-8-10-5-4-6-14-7-10/h4-7,11,13H,3,8-9H2,1-2H3,(H,15,16). The lowest BCUT2D eigenvalue weighted by Gasteiger charge is -2.14. The Morgan fingerprint density at radius 2 is 2.38 bits per heavy atom. The van der Waals surface area contributed by atoms with Crippen molar-refractivity contribution in [3.63, 3.8) is 0 Å². The molecule has 1 heterocycles. The summed E-state index contributed by atoms with van der Waals surface area (Å²) in [7, 11) is 1.86. The molecule has 16 heavy (non-hydrogen) atoms. The van der Waals surface area contributed by atoms with Crippen LogP contribution in [0.4, 0.5) is 0 Å². The normalized spacial score (nSPS) is 12.1. The predicted molar refractivity (Wildman–Crippen MR) is 63.8 cm³/mol. The van der Waals surface area contributed by atoms with E-state index < -0.39 is 0 Å². The van der Waals surface area contributed by atoms with Gasteiger partial charge in [0.05, 0.1) is 5.92 Å². The van der Waals surface area contributed by atoms with Crippen molar-refractivity contribution in [3.8, 4) is 0 Å². The van der Waals surface area contributed by atoms with Gasteiger partial charge in [-0.25, -0.2) is 0 Å². The van der Waals surface area contributed by atoms with Gasteiger partial charge in [0.25, 0.3) is 0 Å². The fraction of sp³-hybridized carbons (Fsp3) is 0.500. The Bertz CT molecular complexity index is 313. The van der Waals surface area contributed by atoms with Gasteiger partial charge in [0.2, 0.25) is 5.91 Å². The van der Waals surface area contributed by atoms with Gasteiger partial charge in [-0.15, -0.1) is 0 Å². The van der Waals surface area contributed by atoms with E-state index in [0.717, 1.165) is 18.5 Å². The van der Waals surface area contributed by atoms with Crippen LogP contribution in [-0.4, -0.2) is 24.5 Å². The average Bonchev–Trinajstić information content (AvgIpc) is 2.34. The number of carbonyl (C=O) groups excluding carboxylic acids is 1. The molecular weight excluding hydrogens is 202 g/mol. The van der Waals surface area contributed by atoms with Crippen LogP contribution in [0.2, 0.25) is 0 Å². The van der Waals surface area contributed by atoms with Crippen molar-refractivity contribution in [2.24, 2.45) is 5.92 Å². The molecule has 0 aliphatic rings. The van der Waals surface area contributed by atoms with Crippen LogP contribution in [0.1, 0.15) is 18.9 Å². The summed E-state index contributed by atoms with van der Waals surface area (Å²) in [6, 6.07) is 3.82. The molecule has 1 aromatic heterocycles.